The smallest absolute Gasteiger partial charge is 0.177 e. The maximum atomic E-state index is 9.08. The minimum absolute atomic E-state index is 0.604. The number of rotatable bonds is 9. The number of methoxy groups -OCH3 is 2. The summed E-state index contributed by atoms with van der Waals surface area (Å²) in [5.41, 5.74) is 5.28. The van der Waals surface area contributed by atoms with Gasteiger partial charge in [0.05, 0.1) is 109 Å². The molecule has 16 heteroatoms. The van der Waals surface area contributed by atoms with Gasteiger partial charge in [-0.2, -0.15) is 0 Å². The molecule has 2 aliphatic rings. The van der Waals surface area contributed by atoms with Crippen LogP contribution in [-0.4, -0.2) is 101 Å². The second-order valence-corrected chi connectivity index (χ2v) is 21.1. The van der Waals surface area contributed by atoms with Gasteiger partial charge in [-0.25, -0.2) is 26.0 Å². The van der Waals surface area contributed by atoms with E-state index in [1.54, 1.807) is 24.0 Å². The van der Waals surface area contributed by atoms with Crippen molar-refractivity contribution in [2.24, 2.45) is 25.9 Å². The highest BCUT2D eigenvalue weighted by molar-refractivity contribution is 7.85. The van der Waals surface area contributed by atoms with Crippen LogP contribution in [0.15, 0.2) is 97.6 Å². The molecule has 0 radical (unpaired) electrons. The lowest BCUT2D eigenvalue weighted by atomic mass is 9.79. The molecule has 0 unspecified atom stereocenters. The standard InChI is InChI=1S/C48H54N6O2.2CH4O3S/c1-49-19-13-35-5-9-45-47(41(35)31-49)39-29-37(55-3)7-11-43(39)53(45)27-25-51-21-15-33(16-22-51)34-17-23-52(24-18-34)26-28-54-44-12-8-38(56-4)30-40(44)48-42-32-50(2)20-14-36(42)6-10-46(48)54;2*1-5(2,3)4/h5-14,19-20,29-34H,15-18,21-28H2,1-4H3;2*1H3,(H,2,3,4)/q+2;;. The van der Waals surface area contributed by atoms with E-state index in [1.807, 2.05) is 0 Å². The van der Waals surface area contributed by atoms with Gasteiger partial charge < -0.3 is 37.5 Å². The molecule has 66 heavy (non-hydrogen) atoms. The van der Waals surface area contributed by atoms with Gasteiger partial charge in [0, 0.05) is 57.2 Å². The average molecular weight is 939 g/mol. The van der Waals surface area contributed by atoms with Crippen molar-refractivity contribution >= 4 is 85.4 Å². The molecule has 0 atom stereocenters. The topological polar surface area (TPSA) is 159 Å². The van der Waals surface area contributed by atoms with E-state index in [1.165, 1.54) is 130 Å². The summed E-state index contributed by atoms with van der Waals surface area (Å²) in [4.78, 5) is 3.54. The van der Waals surface area contributed by atoms with Crippen molar-refractivity contribution in [3.8, 4) is 11.5 Å². The van der Waals surface area contributed by atoms with Crippen LogP contribution >= 0.6 is 0 Å². The Morgan fingerprint density at radius 1 is 0.561 bits per heavy atom. The lowest BCUT2D eigenvalue weighted by molar-refractivity contribution is -0.910. The Bertz CT molecular complexity index is 3040. The number of quaternary nitrogens is 2. The van der Waals surface area contributed by atoms with Crippen molar-refractivity contribution in [3.63, 3.8) is 0 Å². The molecule has 0 bridgehead atoms. The Hall–Kier alpha value is -5.36. The van der Waals surface area contributed by atoms with Crippen LogP contribution in [0.2, 0.25) is 0 Å². The zero-order chi connectivity index (χ0) is 46.9. The Morgan fingerprint density at radius 2 is 0.909 bits per heavy atom. The number of aryl methyl sites for hydroxylation is 2. The molecule has 2 saturated heterocycles. The summed E-state index contributed by atoms with van der Waals surface area (Å²) in [6, 6.07) is 26.9. The van der Waals surface area contributed by atoms with E-state index in [-0.39, 0.29) is 0 Å². The minimum atomic E-state index is -3.92. The first kappa shape index (κ1) is 47.1. The third-order valence-electron chi connectivity index (χ3n) is 13.8. The first-order valence-electron chi connectivity index (χ1n) is 22.7. The van der Waals surface area contributed by atoms with Crippen LogP contribution in [0.25, 0.3) is 65.2 Å². The van der Waals surface area contributed by atoms with Crippen molar-refractivity contribution in [3.05, 3.63) is 97.6 Å². The van der Waals surface area contributed by atoms with Crippen LogP contribution in [0, 0.1) is 11.8 Å². The van der Waals surface area contributed by atoms with E-state index in [0.717, 1.165) is 36.4 Å². The van der Waals surface area contributed by atoms with Crippen LogP contribution in [0.3, 0.4) is 0 Å². The van der Waals surface area contributed by atoms with E-state index < -0.39 is 20.2 Å². The number of hydrogen-bond donors (Lipinski definition) is 2. The fourth-order valence-corrected chi connectivity index (χ4v) is 10.7. The van der Waals surface area contributed by atoms with Gasteiger partial charge in [-0.1, -0.05) is 12.1 Å². The van der Waals surface area contributed by atoms with Gasteiger partial charge in [0.2, 0.25) is 0 Å². The molecule has 0 saturated carbocycles. The van der Waals surface area contributed by atoms with Gasteiger partial charge in [0.15, 0.2) is 24.8 Å². The largest absolute Gasteiger partial charge is 0.748 e. The van der Waals surface area contributed by atoms with Gasteiger partial charge in [-0.3, -0.25) is 0 Å². The fourth-order valence-electron chi connectivity index (χ4n) is 10.7. The molecule has 350 valence electrons. The van der Waals surface area contributed by atoms with Gasteiger partial charge in [0.25, 0.3) is 0 Å². The lowest BCUT2D eigenvalue weighted by Gasteiger charge is -2.37. The summed E-state index contributed by atoms with van der Waals surface area (Å²) >= 11 is 0. The monoisotopic (exact) mass is 938 g/mol. The molecule has 0 amide bonds. The number of aromatic nitrogens is 4. The highest BCUT2D eigenvalue weighted by Crippen LogP contribution is 2.38. The van der Waals surface area contributed by atoms with Crippen molar-refractivity contribution in [2.75, 3.05) is 66.0 Å². The SMILES string of the molecule is COc1ccc2c(c1)c1c3c[n+](C)ccc3ccc1n2CC[NH+]1CCC(C2CC[NH+](CCn3c4ccc(OC)cc4c4c5c[n+](C)ccc5ccc43)CC2)CC1.CS(=O)(=O)[O-].CS(=O)(=O)[O-]. The van der Waals surface area contributed by atoms with Crippen molar-refractivity contribution in [1.82, 2.24) is 9.13 Å². The number of nitrogens with zero attached hydrogens (tertiary/aromatic N) is 4. The molecule has 0 aliphatic carbocycles. The Kier molecular flexibility index (Phi) is 13.9. The fraction of sp³-hybridized carbons (Fsp3) is 0.400. The second-order valence-electron chi connectivity index (χ2n) is 18.3. The molecule has 0 spiro atoms. The molecular weight excluding hydrogens is 877 g/mol. The van der Waals surface area contributed by atoms with Crippen LogP contribution < -0.4 is 28.4 Å². The summed E-state index contributed by atoms with van der Waals surface area (Å²) in [7, 11) is -0.0706. The van der Waals surface area contributed by atoms with Crippen molar-refractivity contribution in [1.29, 1.82) is 0 Å². The zero-order valence-corrected chi connectivity index (χ0v) is 40.4. The van der Waals surface area contributed by atoms with Gasteiger partial charge >= 0.3 is 0 Å². The van der Waals surface area contributed by atoms with Gasteiger partial charge in [-0.15, -0.1) is 0 Å². The van der Waals surface area contributed by atoms with Gasteiger partial charge in [0.1, 0.15) is 25.6 Å². The minimum Gasteiger partial charge on any atom is -0.748 e. The van der Waals surface area contributed by atoms with E-state index in [4.69, 9.17) is 35.4 Å². The highest BCUT2D eigenvalue weighted by Gasteiger charge is 2.33. The molecule has 4 aromatic carbocycles. The Balaban J connectivity index is 0.000000538. The number of hydrogen-bond acceptors (Lipinski definition) is 8. The third-order valence-corrected chi connectivity index (χ3v) is 13.8. The maximum Gasteiger partial charge on any atom is 0.177 e. The normalized spacial score (nSPS) is 19.2. The summed E-state index contributed by atoms with van der Waals surface area (Å²) in [6.45, 7) is 9.61. The van der Waals surface area contributed by atoms with E-state index in [9.17, 15) is 0 Å². The molecule has 14 nitrogen and oxygen atoms in total. The highest BCUT2D eigenvalue weighted by atomic mass is 32.2. The molecule has 2 fully saturated rings. The molecule has 2 N–H and O–H groups in total. The van der Waals surface area contributed by atoms with E-state index in [2.05, 4.69) is 130 Å². The first-order chi connectivity index (χ1) is 31.4. The average Bonchev–Trinajstić information content (AvgIpc) is 3.78. The number of fused-ring (bicyclic) bond motifs is 10. The molecule has 4 aromatic heterocycles. The van der Waals surface area contributed by atoms with Crippen LogP contribution in [0.5, 0.6) is 11.5 Å². The van der Waals surface area contributed by atoms with Gasteiger partial charge in [-0.05, 0) is 96.8 Å². The quantitative estimate of drug-likeness (QED) is 0.165. The Morgan fingerprint density at radius 3 is 1.26 bits per heavy atom. The number of benzene rings is 4. The van der Waals surface area contributed by atoms with Crippen LogP contribution in [0.4, 0.5) is 0 Å². The molecular formula is C50H62N6O8S2+2. The number of pyridine rings is 2. The van der Waals surface area contributed by atoms with Crippen LogP contribution in [-0.2, 0) is 47.4 Å². The van der Waals surface area contributed by atoms with Crippen molar-refractivity contribution in [2.45, 2.75) is 38.8 Å². The van der Waals surface area contributed by atoms with Crippen molar-refractivity contribution < 1.29 is 54.3 Å². The summed E-state index contributed by atoms with van der Waals surface area (Å²) < 4.78 is 75.3. The molecule has 8 aromatic rings. The number of ether oxygens (including phenoxy) is 2. The first-order valence-corrected chi connectivity index (χ1v) is 26.3. The third kappa shape index (κ3) is 10.7. The second kappa shape index (κ2) is 19.5. The predicted octanol–water partition coefficient (Wildman–Crippen LogP) is 3.49. The summed E-state index contributed by atoms with van der Waals surface area (Å²) in [5.74, 6) is 3.61. The molecule has 6 heterocycles. The molecule has 2 aliphatic heterocycles. The summed E-state index contributed by atoms with van der Waals surface area (Å²) in [5, 5.41) is 10.4. The van der Waals surface area contributed by atoms with E-state index in [0.29, 0.717) is 12.5 Å². The predicted molar refractivity (Wildman–Crippen MR) is 257 cm³/mol. The summed E-state index contributed by atoms with van der Waals surface area (Å²) in [6.07, 6.45) is 15.5. The lowest BCUT2D eigenvalue weighted by Crippen LogP contribution is -3.14. The number of nitrogens with one attached hydrogen (secondary N) is 2. The number of likely N-dealkylation sites (tertiary alicyclic amines) is 2. The molecule has 10 rings (SSSR count). The van der Waals surface area contributed by atoms with Crippen LogP contribution in [0.1, 0.15) is 25.7 Å². The number of piperidine rings is 2. The zero-order valence-electron chi connectivity index (χ0n) is 38.7. The van der Waals surface area contributed by atoms with E-state index >= 15 is 0 Å². The Labute approximate surface area is 387 Å². The maximum absolute atomic E-state index is 9.08.